The number of benzene rings is 1. The van der Waals surface area contributed by atoms with Gasteiger partial charge in [-0.3, -0.25) is 24.6 Å². The van der Waals surface area contributed by atoms with Crippen LogP contribution in [0.25, 0.3) is 0 Å². The number of carbonyl (C=O) groups is 3. The second kappa shape index (κ2) is 17.0. The fourth-order valence-corrected chi connectivity index (χ4v) is 8.29. The van der Waals surface area contributed by atoms with Gasteiger partial charge >= 0.3 is 5.97 Å². The molecule has 1 aliphatic heterocycles. The lowest BCUT2D eigenvalue weighted by molar-refractivity contribution is -0.384. The van der Waals surface area contributed by atoms with Crippen LogP contribution in [-0.4, -0.2) is 81.0 Å². The first-order chi connectivity index (χ1) is 20.7. The number of likely N-dealkylation sites (tertiary alicyclic amines) is 1. The molecule has 2 rings (SSSR count). The minimum Gasteiger partial charge on any atom is -0.456 e. The van der Waals surface area contributed by atoms with E-state index in [4.69, 9.17) is 22.7 Å². The quantitative estimate of drug-likeness (QED) is 0.0398. The smallest absolute Gasteiger partial charge is 0.362 e. The molecular weight excluding hydrogens is 627 g/mol. The van der Waals surface area contributed by atoms with Crippen molar-refractivity contribution < 1.29 is 42.0 Å². The summed E-state index contributed by atoms with van der Waals surface area (Å²) < 4.78 is 28.7. The summed E-state index contributed by atoms with van der Waals surface area (Å²) in [5.41, 5.74) is -0.196. The molecule has 1 fully saturated rings. The van der Waals surface area contributed by atoms with Crippen molar-refractivity contribution in [2.75, 3.05) is 33.7 Å². The Labute approximate surface area is 266 Å². The maximum absolute atomic E-state index is 14.2. The molecule has 0 spiro atoms. The first kappa shape index (κ1) is 38.1. The molecule has 1 aromatic rings. The number of β-lactam (4-membered cyclic amide) rings is 1. The normalized spacial score (nSPS) is 17.8. The van der Waals surface area contributed by atoms with Gasteiger partial charge in [0.1, 0.15) is 6.61 Å². The fourth-order valence-electron chi connectivity index (χ4n) is 4.99. The van der Waals surface area contributed by atoms with Crippen molar-refractivity contribution in [3.8, 4) is 0 Å². The number of rotatable bonds is 17. The van der Waals surface area contributed by atoms with Gasteiger partial charge in [0, 0.05) is 52.2 Å². The van der Waals surface area contributed by atoms with E-state index in [2.05, 4.69) is 13.1 Å². The number of amides is 1. The van der Waals surface area contributed by atoms with Gasteiger partial charge in [-0.25, -0.2) is 4.79 Å². The zero-order valence-electron chi connectivity index (χ0n) is 27.2. The van der Waals surface area contributed by atoms with Crippen LogP contribution in [0.3, 0.4) is 0 Å². The van der Waals surface area contributed by atoms with E-state index in [1.54, 1.807) is 0 Å². The molecule has 15 heteroatoms. The Bertz CT molecular complexity index is 1200. The largest absolute Gasteiger partial charge is 0.456 e. The predicted molar refractivity (Wildman–Crippen MR) is 175 cm³/mol. The average Bonchev–Trinajstić information content (AvgIpc) is 2.97. The van der Waals surface area contributed by atoms with Gasteiger partial charge in [0.25, 0.3) is 13.3 Å². The predicted octanol–water partition coefficient (Wildman–Crippen LogP) is 5.41. The number of nitro groups is 1. The minimum atomic E-state index is -3.63. The van der Waals surface area contributed by atoms with Crippen molar-refractivity contribution in [1.29, 1.82) is 0 Å². The van der Waals surface area contributed by atoms with Crippen molar-refractivity contribution in [3.63, 3.8) is 0 Å². The summed E-state index contributed by atoms with van der Waals surface area (Å²) in [5, 5.41) is 10.9. The first-order valence-electron chi connectivity index (χ1n) is 14.6. The lowest BCUT2D eigenvalue weighted by Crippen LogP contribution is -2.68. The van der Waals surface area contributed by atoms with Crippen molar-refractivity contribution >= 4 is 56.5 Å². The highest BCUT2D eigenvalue weighted by Gasteiger charge is 2.58. The Balaban J connectivity index is 2.57. The van der Waals surface area contributed by atoms with Crippen LogP contribution in [0, 0.1) is 27.4 Å². The summed E-state index contributed by atoms with van der Waals surface area (Å²) in [6.45, 7) is 12.4. The van der Waals surface area contributed by atoms with Crippen LogP contribution in [0.15, 0.2) is 24.3 Å². The average molecular weight is 675 g/mol. The summed E-state index contributed by atoms with van der Waals surface area (Å²) in [7, 11) is -1.12. The Kier molecular flexibility index (Phi) is 14.7. The highest BCUT2D eigenvalue weighted by atomic mass is 32.2. The Hall–Kier alpha value is -2.06. The highest BCUT2D eigenvalue weighted by Crippen LogP contribution is 2.54. The Morgan fingerprint density at radius 1 is 1.11 bits per heavy atom. The van der Waals surface area contributed by atoms with Gasteiger partial charge in [-0.1, -0.05) is 45.9 Å². The van der Waals surface area contributed by atoms with Gasteiger partial charge < -0.3 is 22.7 Å². The van der Waals surface area contributed by atoms with E-state index in [1.165, 1.54) is 62.3 Å². The second-order valence-electron chi connectivity index (χ2n) is 11.8. The molecule has 12 nitrogen and oxygen atoms in total. The van der Waals surface area contributed by atoms with Crippen LogP contribution in [0.5, 0.6) is 0 Å². The van der Waals surface area contributed by atoms with E-state index >= 15 is 0 Å². The molecule has 0 radical (unpaired) electrons. The molecule has 0 aliphatic carbocycles. The summed E-state index contributed by atoms with van der Waals surface area (Å²) in [5.74, 6) is -1.47. The molecule has 0 bridgehead atoms. The maximum atomic E-state index is 14.2. The Morgan fingerprint density at radius 2 is 1.70 bits per heavy atom. The third-order valence-corrected chi connectivity index (χ3v) is 11.7. The number of thioether (sulfide) groups is 1. The summed E-state index contributed by atoms with van der Waals surface area (Å²) in [6.07, 6.45) is 1.83. The zero-order valence-corrected chi connectivity index (χ0v) is 30.1. The van der Waals surface area contributed by atoms with Crippen LogP contribution >= 0.6 is 19.3 Å². The highest BCUT2D eigenvalue weighted by molar-refractivity contribution is 8.13. The van der Waals surface area contributed by atoms with E-state index in [0.29, 0.717) is 17.9 Å². The van der Waals surface area contributed by atoms with Crippen LogP contribution in [-0.2, 0) is 43.7 Å². The molecule has 1 aliphatic rings. The van der Waals surface area contributed by atoms with E-state index in [0.717, 1.165) is 12.8 Å². The van der Waals surface area contributed by atoms with Gasteiger partial charge in [-0.05, 0) is 48.5 Å². The van der Waals surface area contributed by atoms with Gasteiger partial charge in [0.05, 0.1) is 16.9 Å². The molecule has 1 saturated heterocycles. The molecule has 0 saturated carbocycles. The topological polar surface area (TPSA) is 144 Å². The number of hydrogen-bond donors (Lipinski definition) is 0. The number of nitrogens with zero attached hydrogens (tertiary/aromatic N) is 2. The van der Waals surface area contributed by atoms with Crippen molar-refractivity contribution in [2.24, 2.45) is 17.3 Å². The molecule has 1 aromatic carbocycles. The standard InChI is InChI=1S/C29H47N2O10PSSi/c1-10-11-16-43-24(32)17-23-25(22(29(2,3)4)19-41-44(8)9)26(33)30(23)27(42(37-5,38-6)39-7)28(34)40-18-20-12-14-21(15-13-20)31(35)36/h12-15,22-23,25,44H,10-11,16-19H2,1-9H3/t22-,23-,25+/m1/s1. The molecule has 248 valence electrons. The van der Waals surface area contributed by atoms with Gasteiger partial charge in [0.2, 0.25) is 11.3 Å². The zero-order chi connectivity index (χ0) is 33.2. The number of non-ortho nitro benzene ring substituents is 1. The number of unbranched alkanes of at least 4 members (excludes halogenated alkanes) is 1. The lowest BCUT2D eigenvalue weighted by Gasteiger charge is -2.53. The molecule has 1 heterocycles. The number of esters is 1. The van der Waals surface area contributed by atoms with Crippen LogP contribution < -0.4 is 0 Å². The van der Waals surface area contributed by atoms with Gasteiger partial charge in [-0.2, -0.15) is 0 Å². The molecule has 44 heavy (non-hydrogen) atoms. The van der Waals surface area contributed by atoms with Crippen molar-refractivity contribution in [1.82, 2.24) is 4.90 Å². The minimum absolute atomic E-state index is 0.00670. The summed E-state index contributed by atoms with van der Waals surface area (Å²) in [6, 6.07) is 4.87. The molecule has 1 amide bonds. The monoisotopic (exact) mass is 674 g/mol. The van der Waals surface area contributed by atoms with Gasteiger partial charge in [-0.15, -0.1) is 0 Å². The number of ether oxygens (including phenoxy) is 1. The maximum Gasteiger partial charge on any atom is 0.362 e. The third kappa shape index (κ3) is 9.48. The molecule has 0 unspecified atom stereocenters. The third-order valence-electron chi connectivity index (χ3n) is 7.47. The molecular formula is C29H47N2O10PSSi. The summed E-state index contributed by atoms with van der Waals surface area (Å²) in [4.78, 5) is 53.0. The van der Waals surface area contributed by atoms with Crippen LogP contribution in [0.4, 0.5) is 5.69 Å². The van der Waals surface area contributed by atoms with Crippen LogP contribution in [0.1, 0.15) is 52.5 Å². The number of nitro benzene ring substituents is 1. The Morgan fingerprint density at radius 3 is 2.18 bits per heavy atom. The van der Waals surface area contributed by atoms with E-state index < -0.39 is 39.5 Å². The van der Waals surface area contributed by atoms with Crippen LogP contribution in [0.2, 0.25) is 13.1 Å². The second-order valence-corrected chi connectivity index (χ2v) is 17.9. The molecule has 3 atom stereocenters. The van der Waals surface area contributed by atoms with E-state index in [-0.39, 0.29) is 46.5 Å². The molecule has 0 N–H and O–H groups in total. The first-order valence-corrected chi connectivity index (χ1v) is 19.9. The summed E-state index contributed by atoms with van der Waals surface area (Å²) >= 11 is 1.22. The number of hydrogen-bond acceptors (Lipinski definition) is 11. The van der Waals surface area contributed by atoms with E-state index in [9.17, 15) is 24.5 Å². The number of carbonyl (C=O) groups excluding carboxylic acids is 3. The fraction of sp³-hybridized carbons (Fsp3) is 0.655. The van der Waals surface area contributed by atoms with E-state index in [1.807, 2.05) is 27.7 Å². The van der Waals surface area contributed by atoms with Gasteiger partial charge in [0.15, 0.2) is 14.2 Å². The SMILES string of the molecule is CCCCSC(=O)C[C@@H]1[C@H]([C@@H](CO[SiH](C)C)C(C)(C)C)C(=O)N1C(C(=O)OCc1ccc([N+](=O)[O-])cc1)=P(OC)(OC)OC. The molecule has 0 aromatic heterocycles. The van der Waals surface area contributed by atoms with Crippen molar-refractivity contribution in [2.45, 2.75) is 72.7 Å². The van der Waals surface area contributed by atoms with Crippen molar-refractivity contribution in [3.05, 3.63) is 39.9 Å². The lowest BCUT2D eigenvalue weighted by atomic mass is 9.66.